The fourth-order valence-electron chi connectivity index (χ4n) is 8.42. The Morgan fingerprint density at radius 2 is 0.592 bits per heavy atom. The minimum absolute atomic E-state index is 0.691. The number of para-hydroxylation sites is 1. The molecule has 27 heteroatoms. The van der Waals surface area contributed by atoms with Gasteiger partial charge in [-0.2, -0.15) is 132 Å². The molecule has 0 unspecified atom stereocenters. The number of ether oxygens (including phenoxy) is 1. The highest BCUT2D eigenvalue weighted by molar-refractivity contribution is 7.20. The van der Waals surface area contributed by atoms with E-state index in [-0.39, 0.29) is 0 Å². The van der Waals surface area contributed by atoms with Gasteiger partial charge in [0.15, 0.2) is 6.54 Å². The molecule has 7 aromatic rings. The summed E-state index contributed by atoms with van der Waals surface area (Å²) < 4.78 is 349. The van der Waals surface area contributed by atoms with Gasteiger partial charge in [-0.15, -0.1) is 0 Å². The molecule has 0 amide bonds. The molecule has 0 radical (unpaired) electrons. The molecule has 0 aliphatic carbocycles. The van der Waals surface area contributed by atoms with Crippen molar-refractivity contribution < 1.29 is 115 Å². The van der Waals surface area contributed by atoms with Gasteiger partial charge in [0.25, 0.3) is 0 Å². The van der Waals surface area contributed by atoms with E-state index in [1.165, 1.54) is 16.5 Å². The van der Waals surface area contributed by atoms with Crippen LogP contribution < -0.4 is 31.2 Å². The predicted molar refractivity (Wildman–Crippen MR) is 226 cm³/mol. The normalized spacial score (nSPS) is 13.4. The summed E-state index contributed by atoms with van der Waals surface area (Å²) in [6.07, 6.45) is -54.8. The van der Waals surface area contributed by atoms with Crippen LogP contribution in [0, 0.1) is 0 Å². The van der Waals surface area contributed by atoms with Crippen molar-refractivity contribution in [3.63, 3.8) is 0 Å². The Labute approximate surface area is 411 Å². The van der Waals surface area contributed by atoms with Crippen LogP contribution in [0.25, 0.3) is 10.9 Å². The van der Waals surface area contributed by atoms with Crippen LogP contribution in [0.15, 0.2) is 140 Å². The number of fused-ring (bicyclic) bond motifs is 1. The maximum Gasteiger partial charge on any atom is 0.416 e. The van der Waals surface area contributed by atoms with Crippen LogP contribution in [-0.4, -0.2) is 13.3 Å². The third-order valence-corrected chi connectivity index (χ3v) is 11.7. The fourth-order valence-corrected chi connectivity index (χ4v) is 8.42. The Kier molecular flexibility index (Phi) is 15.4. The minimum atomic E-state index is -6.13. The Morgan fingerprint density at radius 1 is 0.329 bits per heavy atom. The number of hydrogen-bond donors (Lipinski definition) is 0. The average molecular weight is 1110 g/mol. The first-order valence-electron chi connectivity index (χ1n) is 21.0. The van der Waals surface area contributed by atoms with E-state index in [2.05, 4.69) is 59.2 Å². The molecule has 76 heavy (non-hydrogen) atoms. The van der Waals surface area contributed by atoms with E-state index in [4.69, 9.17) is 4.74 Å². The smallest absolute Gasteiger partial charge is 0.416 e. The van der Waals surface area contributed by atoms with E-state index in [1.54, 1.807) is 7.11 Å². The SMILES string of the molecule is COc1ccc2ccccc2[n+]1Cc1ccccc1.FC(F)(F)c1cc([B-](c2cc(C(F)(F)F)cc(C(F)(F)F)c2)(c2cc(C(F)(F)F)cc(C(F)(F)F)c2)c2cc(C(F)(F)F)cc(C(F)(F)F)c2)cc(C(F)(F)F)c1. The molecule has 0 spiro atoms. The van der Waals surface area contributed by atoms with Gasteiger partial charge in [0.2, 0.25) is 5.52 Å². The number of benzene rings is 6. The molecule has 0 N–H and O–H groups in total. The Hall–Kier alpha value is -7.09. The lowest BCUT2D eigenvalue weighted by Crippen LogP contribution is -2.75. The molecule has 1 heterocycles. The largest absolute Gasteiger partial charge is 0.448 e. The molecule has 7 rings (SSSR count). The summed E-state index contributed by atoms with van der Waals surface area (Å²) >= 11 is 0. The van der Waals surface area contributed by atoms with Crippen molar-refractivity contribution in [1.82, 2.24) is 0 Å². The summed E-state index contributed by atoms with van der Waals surface area (Å²) in [4.78, 5) is 0. The van der Waals surface area contributed by atoms with Gasteiger partial charge in [-0.05, 0) is 36.4 Å². The van der Waals surface area contributed by atoms with Crippen molar-refractivity contribution in [3.05, 3.63) is 190 Å². The highest BCUT2D eigenvalue weighted by Gasteiger charge is 2.47. The number of nitrogens with zero attached hydrogens (tertiary/aromatic N) is 1. The topological polar surface area (TPSA) is 13.1 Å². The number of pyridine rings is 1. The molecule has 0 aliphatic rings. The van der Waals surface area contributed by atoms with Gasteiger partial charge in [0.05, 0.1) is 57.7 Å². The van der Waals surface area contributed by atoms with Gasteiger partial charge in [-0.25, -0.2) is 0 Å². The van der Waals surface area contributed by atoms with Crippen molar-refractivity contribution in [2.75, 3.05) is 7.11 Å². The van der Waals surface area contributed by atoms with E-state index in [0.717, 1.165) is 12.4 Å². The van der Waals surface area contributed by atoms with Crippen LogP contribution in [0.3, 0.4) is 0 Å². The number of halogens is 24. The Morgan fingerprint density at radius 3 is 0.855 bits per heavy atom. The van der Waals surface area contributed by atoms with Crippen LogP contribution in [0.5, 0.6) is 5.88 Å². The van der Waals surface area contributed by atoms with Crippen molar-refractivity contribution in [2.45, 2.75) is 56.0 Å². The third-order valence-electron chi connectivity index (χ3n) is 11.7. The molecule has 2 nitrogen and oxygen atoms in total. The molecule has 0 fully saturated rings. The summed E-state index contributed by atoms with van der Waals surface area (Å²) in [6.45, 7) is 0.811. The summed E-state index contributed by atoms with van der Waals surface area (Å²) in [7, 11) is 1.71. The zero-order valence-corrected chi connectivity index (χ0v) is 37.5. The van der Waals surface area contributed by atoms with E-state index >= 15 is 0 Å². The van der Waals surface area contributed by atoms with E-state index in [9.17, 15) is 105 Å². The van der Waals surface area contributed by atoms with Crippen LogP contribution in [-0.2, 0) is 56.0 Å². The summed E-state index contributed by atoms with van der Waals surface area (Å²) in [5.74, 6) is 0.877. The first kappa shape index (κ1) is 58.2. The number of hydrogen-bond acceptors (Lipinski definition) is 1. The van der Waals surface area contributed by atoms with Gasteiger partial charge in [0, 0.05) is 17.0 Å². The maximum absolute atomic E-state index is 14.2. The molecule has 0 saturated heterocycles. The molecule has 6 aromatic carbocycles. The standard InChI is InChI=1S/C32H12BF24.C17H16NO/c34-25(35,36)13-1-14(26(37,38)39)6-21(5-13)33(22-7-15(27(40,41)42)2-16(8-22)28(43,44)45,23-9-17(29(46,47)48)3-18(10-23)30(49,50)51)24-11-19(31(52,53)54)4-20(12-24)32(55,56)57;1-19-17-12-11-15-9-5-6-10-16(15)18(17)13-14-7-3-2-4-8-14/h1-12H;2-12H,13H2,1H3/q-1;+1. The zero-order valence-electron chi connectivity index (χ0n) is 37.5. The van der Waals surface area contributed by atoms with E-state index in [1.807, 2.05) is 12.1 Å². The molecule has 0 atom stereocenters. The molecule has 406 valence electrons. The number of aromatic nitrogens is 1. The van der Waals surface area contributed by atoms with E-state index < -0.39 is 195 Å². The van der Waals surface area contributed by atoms with Crippen molar-refractivity contribution in [3.8, 4) is 5.88 Å². The lowest BCUT2D eigenvalue weighted by atomic mass is 9.12. The summed E-state index contributed by atoms with van der Waals surface area (Å²) in [5, 5.41) is 1.22. The lowest BCUT2D eigenvalue weighted by Gasteiger charge is -2.46. The summed E-state index contributed by atoms with van der Waals surface area (Å²) in [6, 6.07) is 14.1. The number of methoxy groups -OCH3 is 1. The lowest BCUT2D eigenvalue weighted by molar-refractivity contribution is -0.667. The van der Waals surface area contributed by atoms with Gasteiger partial charge in [0.1, 0.15) is 6.15 Å². The van der Waals surface area contributed by atoms with Crippen LogP contribution in [0.2, 0.25) is 0 Å². The van der Waals surface area contributed by atoms with Crippen LogP contribution in [0.4, 0.5) is 105 Å². The van der Waals surface area contributed by atoms with Gasteiger partial charge in [-0.1, -0.05) is 91.0 Å². The number of alkyl halides is 24. The third kappa shape index (κ3) is 12.8. The van der Waals surface area contributed by atoms with E-state index in [0.29, 0.717) is 0 Å². The molecule has 0 saturated carbocycles. The van der Waals surface area contributed by atoms with Gasteiger partial charge < -0.3 is 4.74 Å². The highest BCUT2D eigenvalue weighted by atomic mass is 19.4. The summed E-state index contributed by atoms with van der Waals surface area (Å²) in [5.41, 5.74) is -27.8. The molecule has 0 bridgehead atoms. The van der Waals surface area contributed by atoms with Gasteiger partial charge in [-0.3, -0.25) is 0 Å². The Bertz CT molecular complexity index is 2780. The van der Waals surface area contributed by atoms with Crippen molar-refractivity contribution >= 4 is 38.9 Å². The second kappa shape index (κ2) is 20.1. The first-order chi connectivity index (χ1) is 34.6. The van der Waals surface area contributed by atoms with Crippen LogP contribution in [0.1, 0.15) is 50.1 Å². The maximum atomic E-state index is 14.2. The van der Waals surface area contributed by atoms with Crippen molar-refractivity contribution in [2.24, 2.45) is 0 Å². The average Bonchev–Trinajstić information content (AvgIpc) is 3.30. The monoisotopic (exact) mass is 1110 g/mol. The van der Waals surface area contributed by atoms with Gasteiger partial charge >= 0.3 is 55.3 Å². The molecule has 1 aromatic heterocycles. The molecule has 0 aliphatic heterocycles. The molecular weight excluding hydrogens is 1090 g/mol. The van der Waals surface area contributed by atoms with Crippen LogP contribution >= 0.6 is 0 Å². The second-order valence-electron chi connectivity index (χ2n) is 16.7. The minimum Gasteiger partial charge on any atom is -0.448 e. The Balaban J connectivity index is 0.000000408. The molecular formula is C49H28BF24NO. The zero-order chi connectivity index (χ0) is 57.0. The number of rotatable bonds is 7. The first-order valence-corrected chi connectivity index (χ1v) is 21.0. The fraction of sp³-hybridized carbons (Fsp3) is 0.204. The highest BCUT2D eigenvalue weighted by Crippen LogP contribution is 2.41. The van der Waals surface area contributed by atoms with Crippen molar-refractivity contribution in [1.29, 1.82) is 0 Å². The quantitative estimate of drug-likeness (QED) is 0.0881. The predicted octanol–water partition coefficient (Wildman–Crippen LogP) is 14.4. The second-order valence-corrected chi connectivity index (χ2v) is 16.7.